The van der Waals surface area contributed by atoms with E-state index in [1.54, 1.807) is 6.07 Å². The summed E-state index contributed by atoms with van der Waals surface area (Å²) in [5.41, 5.74) is 0.944. The van der Waals surface area contributed by atoms with Gasteiger partial charge in [0.05, 0.1) is 0 Å². The third-order valence-electron chi connectivity index (χ3n) is 2.99. The monoisotopic (exact) mass is 325 g/mol. The fourth-order valence-electron chi connectivity index (χ4n) is 1.96. The first kappa shape index (κ1) is 14.9. The van der Waals surface area contributed by atoms with Gasteiger partial charge >= 0.3 is 6.36 Å². The number of oxime groups is 1. The normalized spacial score (nSPS) is 17.2. The van der Waals surface area contributed by atoms with E-state index in [9.17, 15) is 18.0 Å². The summed E-state index contributed by atoms with van der Waals surface area (Å²) >= 11 is 0. The van der Waals surface area contributed by atoms with Crippen LogP contribution in [0.4, 0.5) is 13.2 Å². The number of H-pyrrole nitrogens is 1. The van der Waals surface area contributed by atoms with Crippen molar-refractivity contribution < 1.29 is 22.7 Å². The van der Waals surface area contributed by atoms with E-state index in [4.69, 9.17) is 4.84 Å². The number of nitrogens with one attached hydrogen (secondary N) is 2. The molecule has 120 valence electrons. The zero-order chi connectivity index (χ0) is 16.4. The zero-order valence-electron chi connectivity index (χ0n) is 11.4. The fraction of sp³-hybridized carbons (Fsp3) is 0.143. The van der Waals surface area contributed by atoms with Crippen LogP contribution in [0.15, 0.2) is 52.5 Å². The molecular formula is C14H10F3N3O3. The molecule has 1 aromatic heterocycles. The molecule has 0 saturated heterocycles. The van der Waals surface area contributed by atoms with Crippen molar-refractivity contribution in [2.75, 3.05) is 0 Å². The maximum Gasteiger partial charge on any atom is 0.573 e. The fourth-order valence-corrected chi connectivity index (χ4v) is 1.96. The van der Waals surface area contributed by atoms with Crippen molar-refractivity contribution in [2.45, 2.75) is 12.6 Å². The summed E-state index contributed by atoms with van der Waals surface area (Å²) < 4.78 is 40.1. The third kappa shape index (κ3) is 3.62. The lowest BCUT2D eigenvalue weighted by Crippen LogP contribution is -2.24. The Kier molecular flexibility index (Phi) is 3.68. The van der Waals surface area contributed by atoms with Gasteiger partial charge in [-0.05, 0) is 30.3 Å². The first-order chi connectivity index (χ1) is 10.9. The van der Waals surface area contributed by atoms with Crippen molar-refractivity contribution in [1.29, 1.82) is 0 Å². The molecule has 1 atom stereocenters. The average Bonchev–Trinajstić information content (AvgIpc) is 2.97. The van der Waals surface area contributed by atoms with Crippen molar-refractivity contribution in [3.05, 3.63) is 64.1 Å². The highest BCUT2D eigenvalue weighted by molar-refractivity contribution is 5.99. The second-order valence-electron chi connectivity index (χ2n) is 4.63. The Morgan fingerprint density at radius 3 is 2.48 bits per heavy atom. The zero-order valence-corrected chi connectivity index (χ0v) is 11.4. The van der Waals surface area contributed by atoms with Gasteiger partial charge in [0.25, 0.3) is 0 Å². The molecule has 0 spiro atoms. The van der Waals surface area contributed by atoms with Gasteiger partial charge in [0.15, 0.2) is 5.84 Å². The maximum atomic E-state index is 12.1. The van der Waals surface area contributed by atoms with Crippen LogP contribution in [-0.2, 0) is 4.84 Å². The van der Waals surface area contributed by atoms with Gasteiger partial charge in [-0.2, -0.15) is 0 Å². The Morgan fingerprint density at radius 2 is 1.87 bits per heavy atom. The molecule has 2 aromatic rings. The molecule has 3 rings (SSSR count). The molecule has 0 amide bonds. The lowest BCUT2D eigenvalue weighted by molar-refractivity contribution is -0.274. The quantitative estimate of drug-likeness (QED) is 0.907. The van der Waals surface area contributed by atoms with Crippen LogP contribution in [-0.4, -0.2) is 17.2 Å². The van der Waals surface area contributed by atoms with Gasteiger partial charge in [-0.1, -0.05) is 5.16 Å². The molecule has 2 N–H and O–H groups in total. The molecule has 0 fully saturated rings. The molecule has 1 aliphatic heterocycles. The molecule has 0 radical (unpaired) electrons. The van der Waals surface area contributed by atoms with Gasteiger partial charge in [0.1, 0.15) is 5.75 Å². The summed E-state index contributed by atoms with van der Waals surface area (Å²) in [7, 11) is 0. The summed E-state index contributed by atoms with van der Waals surface area (Å²) in [6.07, 6.45) is -3.84. The maximum absolute atomic E-state index is 12.1. The highest BCUT2D eigenvalue weighted by Crippen LogP contribution is 2.24. The van der Waals surface area contributed by atoms with Crippen LogP contribution in [0.25, 0.3) is 0 Å². The lowest BCUT2D eigenvalue weighted by Gasteiger charge is -2.10. The summed E-state index contributed by atoms with van der Waals surface area (Å²) in [6, 6.07) is 8.13. The number of rotatable bonds is 3. The van der Waals surface area contributed by atoms with Gasteiger partial charge in [0.2, 0.25) is 11.8 Å². The van der Waals surface area contributed by atoms with E-state index < -0.39 is 12.6 Å². The van der Waals surface area contributed by atoms with Crippen LogP contribution in [0.3, 0.4) is 0 Å². The molecule has 0 aliphatic carbocycles. The number of alkyl halides is 3. The average molecular weight is 325 g/mol. The summed E-state index contributed by atoms with van der Waals surface area (Å²) in [6.45, 7) is 0. The number of hydrogen-bond acceptors (Lipinski definition) is 5. The predicted octanol–water partition coefficient (Wildman–Crippen LogP) is 2.25. The van der Waals surface area contributed by atoms with Gasteiger partial charge in [-0.3, -0.25) is 4.79 Å². The Bertz CT molecular complexity index is 764. The second kappa shape index (κ2) is 5.67. The minimum absolute atomic E-state index is 0.242. The van der Waals surface area contributed by atoms with Crippen LogP contribution in [0.1, 0.15) is 17.4 Å². The van der Waals surface area contributed by atoms with E-state index in [0.717, 1.165) is 0 Å². The van der Waals surface area contributed by atoms with Crippen LogP contribution >= 0.6 is 0 Å². The van der Waals surface area contributed by atoms with E-state index >= 15 is 0 Å². The number of ether oxygens (including phenoxy) is 1. The van der Waals surface area contributed by atoms with Crippen molar-refractivity contribution in [3.8, 4) is 5.75 Å². The largest absolute Gasteiger partial charge is 0.573 e. The van der Waals surface area contributed by atoms with Gasteiger partial charge in [0, 0.05) is 23.4 Å². The molecular weight excluding hydrogens is 315 g/mol. The van der Waals surface area contributed by atoms with Crippen LogP contribution in [0.2, 0.25) is 0 Å². The molecule has 0 bridgehead atoms. The van der Waals surface area contributed by atoms with E-state index in [0.29, 0.717) is 17.0 Å². The number of hydrogen-bond donors (Lipinski definition) is 2. The minimum Gasteiger partial charge on any atom is -0.406 e. The minimum atomic E-state index is -4.73. The topological polar surface area (TPSA) is 75.7 Å². The van der Waals surface area contributed by atoms with Crippen molar-refractivity contribution >= 4 is 5.84 Å². The third-order valence-corrected chi connectivity index (χ3v) is 2.99. The number of aromatic nitrogens is 1. The van der Waals surface area contributed by atoms with E-state index in [2.05, 4.69) is 20.2 Å². The van der Waals surface area contributed by atoms with Crippen LogP contribution in [0, 0.1) is 0 Å². The highest BCUT2D eigenvalue weighted by atomic mass is 19.4. The van der Waals surface area contributed by atoms with E-state index in [1.165, 1.54) is 36.5 Å². The molecule has 9 heteroatoms. The number of amidine groups is 1. The molecule has 1 aliphatic rings. The molecule has 23 heavy (non-hydrogen) atoms. The van der Waals surface area contributed by atoms with Crippen LogP contribution in [0.5, 0.6) is 5.75 Å². The first-order valence-electron chi connectivity index (χ1n) is 6.46. The summed E-state index contributed by atoms with van der Waals surface area (Å²) in [5.74, 6) is 0.0395. The standard InChI is InChI=1S/C14H10F3N3O3/c15-14(16,17)22-10-4-1-8(2-5-10)12-19-13(23-20-12)9-3-6-11(21)18-7-9/h1-7,13H,(H,18,21)(H,19,20). The number of aromatic amines is 1. The van der Waals surface area contributed by atoms with Gasteiger partial charge < -0.3 is 19.9 Å². The first-order valence-corrected chi connectivity index (χ1v) is 6.46. The predicted molar refractivity (Wildman–Crippen MR) is 73.7 cm³/mol. The Hall–Kier alpha value is -2.97. The van der Waals surface area contributed by atoms with Crippen molar-refractivity contribution in [2.24, 2.45) is 5.16 Å². The van der Waals surface area contributed by atoms with Crippen molar-refractivity contribution in [3.63, 3.8) is 0 Å². The van der Waals surface area contributed by atoms with E-state index in [-0.39, 0.29) is 11.3 Å². The molecule has 2 heterocycles. The number of benzene rings is 1. The molecule has 1 unspecified atom stereocenters. The van der Waals surface area contributed by atoms with Crippen LogP contribution < -0.4 is 15.6 Å². The van der Waals surface area contributed by atoms with Gasteiger partial charge in [-0.25, -0.2) is 0 Å². The number of halogens is 3. The highest BCUT2D eigenvalue weighted by Gasteiger charge is 2.31. The second-order valence-corrected chi connectivity index (χ2v) is 4.63. The Labute approximate surface area is 127 Å². The summed E-state index contributed by atoms with van der Waals surface area (Å²) in [5, 5.41) is 6.79. The smallest absolute Gasteiger partial charge is 0.406 e. The summed E-state index contributed by atoms with van der Waals surface area (Å²) in [4.78, 5) is 18.7. The molecule has 0 saturated carbocycles. The lowest BCUT2D eigenvalue weighted by atomic mass is 10.2. The SMILES string of the molecule is O=c1ccc(C2NC(c3ccc(OC(F)(F)F)cc3)=NO2)c[nH]1. The van der Waals surface area contributed by atoms with Gasteiger partial charge in [-0.15, -0.1) is 13.2 Å². The molecule has 1 aromatic carbocycles. The van der Waals surface area contributed by atoms with E-state index in [1.807, 2.05) is 0 Å². The number of nitrogens with zero attached hydrogens (tertiary/aromatic N) is 1. The Balaban J connectivity index is 1.69. The van der Waals surface area contributed by atoms with Crippen molar-refractivity contribution in [1.82, 2.24) is 10.3 Å². The molecule has 6 nitrogen and oxygen atoms in total. The number of pyridine rings is 1. The Morgan fingerprint density at radius 1 is 1.13 bits per heavy atom.